The second-order valence-electron chi connectivity index (χ2n) is 14.0. The molecule has 0 bridgehead atoms. The van der Waals surface area contributed by atoms with E-state index in [1.54, 1.807) is 0 Å². The maximum Gasteiger partial charge on any atom is 0.138 e. The fourth-order valence-corrected chi connectivity index (χ4v) is 12.2. The molecule has 4 aromatic carbocycles. The van der Waals surface area contributed by atoms with E-state index in [2.05, 4.69) is 141 Å². The standard InChI is InChI=1S/C42H52Si2/c1-11-43(12-2,13-3)24-21-33-37-26-32-19-17-18-30(7)35(32)27-38(37)34(22-25-44(14-4,15-5)16-6)39-28-36-31(8)20-23-42(9,10)41(36)29-40(33)39/h17-20,26-29H,11-16,23H2,1-10H3. The maximum absolute atomic E-state index is 4.00. The number of aryl methyl sites for hydroxylation is 1. The van der Waals surface area contributed by atoms with Gasteiger partial charge in [0.1, 0.15) is 16.1 Å². The Morgan fingerprint density at radius 2 is 1.14 bits per heavy atom. The minimum absolute atomic E-state index is 0.0818. The summed E-state index contributed by atoms with van der Waals surface area (Å²) in [6.07, 6.45) is 3.50. The van der Waals surface area contributed by atoms with Crippen molar-refractivity contribution in [2.45, 2.75) is 117 Å². The zero-order valence-corrected chi connectivity index (χ0v) is 31.1. The van der Waals surface area contributed by atoms with Gasteiger partial charge in [-0.3, -0.25) is 0 Å². The quantitative estimate of drug-likeness (QED) is 0.115. The zero-order chi connectivity index (χ0) is 31.9. The van der Waals surface area contributed by atoms with Crippen LogP contribution in [-0.2, 0) is 5.41 Å². The molecule has 0 spiro atoms. The van der Waals surface area contributed by atoms with Crippen LogP contribution >= 0.6 is 0 Å². The second kappa shape index (κ2) is 12.4. The summed E-state index contributed by atoms with van der Waals surface area (Å²) in [5.41, 5.74) is 16.0. The third kappa shape index (κ3) is 5.51. The first kappa shape index (κ1) is 32.4. The molecular formula is C42H52Si2. The minimum Gasteiger partial charge on any atom is -0.126 e. The van der Waals surface area contributed by atoms with Gasteiger partial charge in [0.15, 0.2) is 0 Å². The summed E-state index contributed by atoms with van der Waals surface area (Å²) >= 11 is 0. The van der Waals surface area contributed by atoms with Crippen molar-refractivity contribution in [3.63, 3.8) is 0 Å². The van der Waals surface area contributed by atoms with Crippen LogP contribution in [0, 0.1) is 29.9 Å². The van der Waals surface area contributed by atoms with E-state index in [0.29, 0.717) is 0 Å². The number of rotatable bonds is 6. The van der Waals surface area contributed by atoms with Gasteiger partial charge in [-0.2, -0.15) is 0 Å². The van der Waals surface area contributed by atoms with E-state index >= 15 is 0 Å². The molecule has 0 radical (unpaired) electrons. The van der Waals surface area contributed by atoms with Crippen LogP contribution in [0.1, 0.15) is 96.6 Å². The highest BCUT2D eigenvalue weighted by Gasteiger charge is 2.30. The van der Waals surface area contributed by atoms with Crippen LogP contribution in [0.3, 0.4) is 0 Å². The van der Waals surface area contributed by atoms with Crippen LogP contribution in [0.25, 0.3) is 37.9 Å². The van der Waals surface area contributed by atoms with E-state index in [-0.39, 0.29) is 5.41 Å². The fourth-order valence-electron chi connectivity index (χ4n) is 7.40. The summed E-state index contributed by atoms with van der Waals surface area (Å²) in [5.74, 6) is 7.88. The minimum atomic E-state index is -1.67. The fraction of sp³-hybridized carbons (Fsp3) is 0.429. The molecule has 44 heavy (non-hydrogen) atoms. The van der Waals surface area contributed by atoms with Gasteiger partial charge < -0.3 is 0 Å². The van der Waals surface area contributed by atoms with Crippen LogP contribution in [0.15, 0.2) is 48.5 Å². The van der Waals surface area contributed by atoms with Crippen molar-refractivity contribution in [1.29, 1.82) is 0 Å². The van der Waals surface area contributed by atoms with Gasteiger partial charge in [-0.05, 0) is 141 Å². The molecule has 1 aliphatic carbocycles. The Kier molecular flexibility index (Phi) is 9.11. The summed E-state index contributed by atoms with van der Waals surface area (Å²) in [4.78, 5) is 0. The summed E-state index contributed by atoms with van der Waals surface area (Å²) < 4.78 is 0. The molecule has 0 aromatic heterocycles. The molecule has 0 nitrogen and oxygen atoms in total. The first-order valence-corrected chi connectivity index (χ1v) is 22.5. The maximum atomic E-state index is 4.00. The third-order valence-corrected chi connectivity index (χ3v) is 20.9. The molecular weight excluding hydrogens is 561 g/mol. The van der Waals surface area contributed by atoms with Gasteiger partial charge in [0.05, 0.1) is 0 Å². The zero-order valence-electron chi connectivity index (χ0n) is 29.1. The molecule has 0 saturated heterocycles. The largest absolute Gasteiger partial charge is 0.138 e. The lowest BCUT2D eigenvalue weighted by Gasteiger charge is -2.32. The molecule has 5 rings (SSSR count). The van der Waals surface area contributed by atoms with Gasteiger partial charge >= 0.3 is 0 Å². The predicted octanol–water partition coefficient (Wildman–Crippen LogP) is 12.3. The molecule has 0 fully saturated rings. The van der Waals surface area contributed by atoms with Gasteiger partial charge in [-0.25, -0.2) is 0 Å². The van der Waals surface area contributed by atoms with Crippen LogP contribution < -0.4 is 0 Å². The Morgan fingerprint density at radius 1 is 0.636 bits per heavy atom. The molecule has 0 N–H and O–H groups in total. The molecule has 0 atom stereocenters. The predicted molar refractivity (Wildman–Crippen MR) is 203 cm³/mol. The number of hydrogen-bond donors (Lipinski definition) is 0. The lowest BCUT2D eigenvalue weighted by atomic mass is 9.72. The summed E-state index contributed by atoms with van der Waals surface area (Å²) in [7, 11) is -3.33. The van der Waals surface area contributed by atoms with Crippen molar-refractivity contribution in [1.82, 2.24) is 0 Å². The molecule has 0 saturated carbocycles. The first-order chi connectivity index (χ1) is 21.0. The number of allylic oxidation sites excluding steroid dienone is 2. The molecule has 0 unspecified atom stereocenters. The van der Waals surface area contributed by atoms with Crippen LogP contribution in [0.2, 0.25) is 36.3 Å². The smallest absolute Gasteiger partial charge is 0.126 e. The summed E-state index contributed by atoms with van der Waals surface area (Å²) in [6.45, 7) is 23.5. The highest BCUT2D eigenvalue weighted by molar-refractivity contribution is 6.87. The molecule has 4 aromatic rings. The van der Waals surface area contributed by atoms with E-state index < -0.39 is 16.1 Å². The van der Waals surface area contributed by atoms with Crippen LogP contribution in [-0.4, -0.2) is 16.1 Å². The first-order valence-electron chi connectivity index (χ1n) is 17.2. The van der Waals surface area contributed by atoms with Crippen LogP contribution in [0.4, 0.5) is 0 Å². The Labute approximate surface area is 269 Å². The van der Waals surface area contributed by atoms with Crippen LogP contribution in [0.5, 0.6) is 0 Å². The highest BCUT2D eigenvalue weighted by Crippen LogP contribution is 2.44. The molecule has 0 amide bonds. The van der Waals surface area contributed by atoms with Crippen molar-refractivity contribution in [3.05, 3.63) is 76.4 Å². The molecule has 228 valence electrons. The number of benzene rings is 4. The Balaban J connectivity index is 2.05. The second-order valence-corrected chi connectivity index (χ2v) is 23.9. The van der Waals surface area contributed by atoms with E-state index in [9.17, 15) is 0 Å². The topological polar surface area (TPSA) is 0 Å². The summed E-state index contributed by atoms with van der Waals surface area (Å²) in [5, 5.41) is 7.74. The molecule has 0 heterocycles. The van der Waals surface area contributed by atoms with Gasteiger partial charge in [-0.1, -0.05) is 91.5 Å². The molecule has 0 aliphatic heterocycles. The van der Waals surface area contributed by atoms with Crippen molar-refractivity contribution >= 4 is 54.0 Å². The summed E-state index contributed by atoms with van der Waals surface area (Å²) in [6, 6.07) is 23.8. The third-order valence-electron chi connectivity index (χ3n) is 11.5. The lowest BCUT2D eigenvalue weighted by Crippen LogP contribution is -2.29. The highest BCUT2D eigenvalue weighted by atomic mass is 28.3. The monoisotopic (exact) mass is 612 g/mol. The Hall–Kier alpha value is -3.05. The van der Waals surface area contributed by atoms with E-state index in [1.165, 1.54) is 102 Å². The SMILES string of the molecule is CC[Si](C#Cc1c2cc3c(cc2c(C#C[Si](CC)(CC)CC)c2cc4c(C)cccc4cc12)C(C)=CCC3(C)C)(CC)CC. The molecule has 2 heteroatoms. The normalized spacial score (nSPS) is 14.5. The number of fused-ring (bicyclic) bond motifs is 4. The Morgan fingerprint density at radius 3 is 1.68 bits per heavy atom. The average Bonchev–Trinajstić information content (AvgIpc) is 3.04. The number of hydrogen-bond acceptors (Lipinski definition) is 0. The van der Waals surface area contributed by atoms with Gasteiger partial charge in [0.25, 0.3) is 0 Å². The van der Waals surface area contributed by atoms with E-state index in [0.717, 1.165) is 6.42 Å². The lowest BCUT2D eigenvalue weighted by molar-refractivity contribution is 0.527. The van der Waals surface area contributed by atoms with Gasteiger partial charge in [-0.15, -0.1) is 11.1 Å². The van der Waals surface area contributed by atoms with Gasteiger partial charge in [0.2, 0.25) is 0 Å². The van der Waals surface area contributed by atoms with Crippen molar-refractivity contribution in [3.8, 4) is 22.9 Å². The van der Waals surface area contributed by atoms with E-state index in [1.807, 2.05) is 0 Å². The average molecular weight is 613 g/mol. The van der Waals surface area contributed by atoms with Crippen molar-refractivity contribution in [2.75, 3.05) is 0 Å². The van der Waals surface area contributed by atoms with E-state index in [4.69, 9.17) is 0 Å². The van der Waals surface area contributed by atoms with Crippen molar-refractivity contribution in [2.24, 2.45) is 0 Å². The van der Waals surface area contributed by atoms with Crippen molar-refractivity contribution < 1.29 is 0 Å². The van der Waals surface area contributed by atoms with Gasteiger partial charge in [0, 0.05) is 11.1 Å². The molecule has 1 aliphatic rings. The Bertz CT molecular complexity index is 1890.